The van der Waals surface area contributed by atoms with Crippen LogP contribution in [-0.2, 0) is 29.0 Å². The van der Waals surface area contributed by atoms with Gasteiger partial charge in [-0.1, -0.05) is 48.5 Å². The lowest BCUT2D eigenvalue weighted by Crippen LogP contribution is -2.55. The largest absolute Gasteiger partial charge is 0.493 e. The van der Waals surface area contributed by atoms with Crippen LogP contribution in [-0.4, -0.2) is 73.5 Å². The van der Waals surface area contributed by atoms with Gasteiger partial charge in [0.25, 0.3) is 0 Å². The summed E-state index contributed by atoms with van der Waals surface area (Å²) in [5.74, 6) is 0.511. The number of fused-ring (bicyclic) bond motifs is 1. The van der Waals surface area contributed by atoms with Crippen molar-refractivity contribution in [1.29, 1.82) is 0 Å². The summed E-state index contributed by atoms with van der Waals surface area (Å²) in [7, 11) is 6.42. The fourth-order valence-corrected chi connectivity index (χ4v) is 5.58. The molecule has 44 heavy (non-hydrogen) atoms. The van der Waals surface area contributed by atoms with Gasteiger partial charge in [0, 0.05) is 36.7 Å². The van der Waals surface area contributed by atoms with Crippen molar-refractivity contribution in [3.63, 3.8) is 0 Å². The van der Waals surface area contributed by atoms with Gasteiger partial charge in [-0.3, -0.25) is 20.2 Å². The molecule has 0 aliphatic rings. The Labute approximate surface area is 258 Å². The molecule has 4 N–H and O–H groups in total. The minimum Gasteiger partial charge on any atom is -0.493 e. The minimum absolute atomic E-state index is 0.0656. The summed E-state index contributed by atoms with van der Waals surface area (Å²) in [5.41, 5.74) is 3.87. The van der Waals surface area contributed by atoms with E-state index in [0.717, 1.165) is 27.6 Å². The third-order valence-corrected chi connectivity index (χ3v) is 7.60. The molecule has 0 spiro atoms. The molecule has 4 aromatic rings. The monoisotopic (exact) mass is 602 g/mol. The molecule has 0 aliphatic carbocycles. The maximum Gasteiger partial charge on any atom is 0.304 e. The van der Waals surface area contributed by atoms with E-state index in [2.05, 4.69) is 15.6 Å². The maximum atomic E-state index is 13.9. The van der Waals surface area contributed by atoms with Gasteiger partial charge in [-0.05, 0) is 54.7 Å². The Hall–Kier alpha value is -4.54. The van der Waals surface area contributed by atoms with Crippen LogP contribution in [0.1, 0.15) is 30.0 Å². The van der Waals surface area contributed by atoms with Crippen LogP contribution >= 0.6 is 0 Å². The standard InChI is InChI=1S/C34H42N4O6/c1-22(36-26(19-32(39)40)18-25-20-35-28-14-10-9-13-27(25)28)37-29(15-23-11-7-6-8-12-23)34(41)38(2)21-24-16-30(42-3)33(44-5)31(17-24)43-4/h6-14,16-17,20,22,26,29,35-37H,15,18-19,21H2,1-5H3,(H,39,40)/t22?,26-,29?/m0/s1. The number of para-hydroxylation sites is 1. The Morgan fingerprint density at radius 1 is 0.886 bits per heavy atom. The van der Waals surface area contributed by atoms with Crippen molar-refractivity contribution in [1.82, 2.24) is 20.5 Å². The molecule has 0 bridgehead atoms. The third-order valence-electron chi connectivity index (χ3n) is 7.60. The molecule has 0 saturated carbocycles. The highest BCUT2D eigenvalue weighted by molar-refractivity contribution is 5.83. The molecule has 3 atom stereocenters. The van der Waals surface area contributed by atoms with Gasteiger partial charge in [0.05, 0.1) is 40.0 Å². The van der Waals surface area contributed by atoms with Crippen molar-refractivity contribution >= 4 is 22.8 Å². The number of methoxy groups -OCH3 is 3. The van der Waals surface area contributed by atoms with E-state index in [1.165, 1.54) is 0 Å². The van der Waals surface area contributed by atoms with Crippen LogP contribution in [0.25, 0.3) is 10.9 Å². The molecule has 0 fully saturated rings. The highest BCUT2D eigenvalue weighted by Gasteiger charge is 2.27. The summed E-state index contributed by atoms with van der Waals surface area (Å²) in [6, 6.07) is 20.5. The summed E-state index contributed by atoms with van der Waals surface area (Å²) in [5, 5.41) is 17.6. The zero-order chi connectivity index (χ0) is 31.6. The molecule has 2 unspecified atom stereocenters. The van der Waals surface area contributed by atoms with Crippen molar-refractivity contribution < 1.29 is 28.9 Å². The number of benzene rings is 3. The fourth-order valence-electron chi connectivity index (χ4n) is 5.58. The molecule has 0 aliphatic heterocycles. The van der Waals surface area contributed by atoms with Crippen molar-refractivity contribution in [2.75, 3.05) is 28.4 Å². The predicted molar refractivity (Wildman–Crippen MR) is 170 cm³/mol. The first-order valence-corrected chi connectivity index (χ1v) is 14.6. The van der Waals surface area contributed by atoms with E-state index in [4.69, 9.17) is 14.2 Å². The number of H-pyrrole nitrogens is 1. The first-order valence-electron chi connectivity index (χ1n) is 14.6. The molecule has 1 amide bonds. The third kappa shape index (κ3) is 8.30. The van der Waals surface area contributed by atoms with Gasteiger partial charge in [-0.15, -0.1) is 0 Å². The number of hydrogen-bond acceptors (Lipinski definition) is 7. The molecular weight excluding hydrogens is 560 g/mol. The van der Waals surface area contributed by atoms with Gasteiger partial charge < -0.3 is 29.2 Å². The SMILES string of the molecule is COc1cc(CN(C)C(=O)C(Cc2ccccc2)NC(C)N[C@H](CC(=O)O)Cc2c[nH]c3ccccc23)cc(OC)c1OC. The van der Waals surface area contributed by atoms with Gasteiger partial charge in [-0.25, -0.2) is 0 Å². The van der Waals surface area contributed by atoms with Crippen LogP contribution in [0.4, 0.5) is 0 Å². The van der Waals surface area contributed by atoms with E-state index in [9.17, 15) is 14.7 Å². The van der Waals surface area contributed by atoms with Crippen LogP contribution in [0, 0.1) is 0 Å². The van der Waals surface area contributed by atoms with Gasteiger partial charge in [0.1, 0.15) is 0 Å². The van der Waals surface area contributed by atoms with Crippen molar-refractivity contribution in [2.45, 2.75) is 51.0 Å². The Morgan fingerprint density at radius 2 is 1.55 bits per heavy atom. The normalized spacial score (nSPS) is 13.2. The summed E-state index contributed by atoms with van der Waals surface area (Å²) in [6.07, 6.45) is 2.47. The molecule has 1 aromatic heterocycles. The molecule has 3 aromatic carbocycles. The molecule has 234 valence electrons. The highest BCUT2D eigenvalue weighted by atomic mass is 16.5. The predicted octanol–water partition coefficient (Wildman–Crippen LogP) is 4.37. The van der Waals surface area contributed by atoms with Crippen LogP contribution in [0.2, 0.25) is 0 Å². The Balaban J connectivity index is 1.51. The number of nitrogens with one attached hydrogen (secondary N) is 3. The maximum absolute atomic E-state index is 13.9. The van der Waals surface area contributed by atoms with Crippen LogP contribution in [0.5, 0.6) is 17.2 Å². The number of aromatic amines is 1. The average molecular weight is 603 g/mol. The van der Waals surface area contributed by atoms with E-state index in [-0.39, 0.29) is 24.5 Å². The second-order valence-electron chi connectivity index (χ2n) is 10.9. The van der Waals surface area contributed by atoms with Crippen LogP contribution < -0.4 is 24.8 Å². The second-order valence-corrected chi connectivity index (χ2v) is 10.9. The molecule has 10 heteroatoms. The van der Waals surface area contributed by atoms with Crippen LogP contribution in [0.15, 0.2) is 72.9 Å². The average Bonchev–Trinajstić information content (AvgIpc) is 3.42. The number of ether oxygens (including phenoxy) is 3. The summed E-state index contributed by atoms with van der Waals surface area (Å²) >= 11 is 0. The van der Waals surface area contributed by atoms with Crippen molar-refractivity contribution in [3.05, 3.63) is 89.6 Å². The molecule has 4 rings (SSSR count). The Morgan fingerprint density at radius 3 is 2.18 bits per heavy atom. The summed E-state index contributed by atoms with van der Waals surface area (Å²) in [4.78, 5) is 30.7. The lowest BCUT2D eigenvalue weighted by molar-refractivity contribution is -0.138. The quantitative estimate of drug-likeness (QED) is 0.139. The Kier molecular flexibility index (Phi) is 11.2. The first kappa shape index (κ1) is 32.4. The van der Waals surface area contributed by atoms with E-state index in [0.29, 0.717) is 36.6 Å². The highest BCUT2D eigenvalue weighted by Crippen LogP contribution is 2.38. The van der Waals surface area contributed by atoms with Gasteiger partial charge >= 0.3 is 5.97 Å². The number of aliphatic carboxylic acids is 1. The van der Waals surface area contributed by atoms with Gasteiger partial charge in [-0.2, -0.15) is 0 Å². The number of carboxylic acids is 1. The van der Waals surface area contributed by atoms with E-state index < -0.39 is 12.0 Å². The smallest absolute Gasteiger partial charge is 0.304 e. The summed E-state index contributed by atoms with van der Waals surface area (Å²) in [6.45, 7) is 2.22. The van der Waals surface area contributed by atoms with Gasteiger partial charge in [0.2, 0.25) is 11.7 Å². The molecule has 10 nitrogen and oxygen atoms in total. The number of carboxylic acid groups (broad SMARTS) is 1. The number of rotatable bonds is 16. The lowest BCUT2D eigenvalue weighted by Gasteiger charge is -2.30. The number of nitrogens with zero attached hydrogens (tertiary/aromatic N) is 1. The second kappa shape index (κ2) is 15.3. The fraction of sp³-hybridized carbons (Fsp3) is 0.353. The number of carbonyl (C=O) groups excluding carboxylic acids is 1. The number of carbonyl (C=O) groups is 2. The topological polar surface area (TPSA) is 125 Å². The van der Waals surface area contributed by atoms with E-state index in [1.807, 2.05) is 79.9 Å². The van der Waals surface area contributed by atoms with Crippen molar-refractivity contribution in [3.8, 4) is 17.2 Å². The molecular formula is C34H42N4O6. The van der Waals surface area contributed by atoms with E-state index >= 15 is 0 Å². The van der Waals surface area contributed by atoms with Crippen LogP contribution in [0.3, 0.4) is 0 Å². The summed E-state index contributed by atoms with van der Waals surface area (Å²) < 4.78 is 16.4. The molecule has 0 saturated heterocycles. The zero-order valence-electron chi connectivity index (χ0n) is 25.9. The number of aromatic nitrogens is 1. The molecule has 0 radical (unpaired) electrons. The lowest BCUT2D eigenvalue weighted by atomic mass is 10.0. The Bertz CT molecular complexity index is 1510. The van der Waals surface area contributed by atoms with Crippen molar-refractivity contribution in [2.24, 2.45) is 0 Å². The van der Waals surface area contributed by atoms with Gasteiger partial charge in [0.15, 0.2) is 11.5 Å². The van der Waals surface area contributed by atoms with E-state index in [1.54, 1.807) is 33.3 Å². The number of amides is 1. The number of hydrogen-bond donors (Lipinski definition) is 4. The number of likely N-dealkylation sites (N-methyl/N-ethyl adjacent to an activating group) is 1. The zero-order valence-corrected chi connectivity index (χ0v) is 25.9. The molecule has 1 heterocycles. The first-order chi connectivity index (χ1) is 21.2. The minimum atomic E-state index is -0.892.